The van der Waals surface area contributed by atoms with Gasteiger partial charge in [-0.2, -0.15) is 0 Å². The van der Waals surface area contributed by atoms with Gasteiger partial charge in [0, 0.05) is 5.56 Å². The molecule has 0 bridgehead atoms. The molecule has 4 aromatic carbocycles. The second-order valence-corrected chi connectivity index (χ2v) is 7.86. The van der Waals surface area contributed by atoms with Crippen LogP contribution >= 0.6 is 0 Å². The Morgan fingerprint density at radius 1 is 0.688 bits per heavy atom. The second-order valence-electron chi connectivity index (χ2n) is 7.86. The molecule has 0 aliphatic heterocycles. The van der Waals surface area contributed by atoms with Crippen LogP contribution in [0.1, 0.15) is 44.6 Å². The van der Waals surface area contributed by atoms with Gasteiger partial charge in [0.25, 0.3) is 0 Å². The van der Waals surface area contributed by atoms with Crippen molar-refractivity contribution < 1.29 is 14.7 Å². The first-order chi connectivity index (χ1) is 15.6. The number of nitrogens with one attached hydrogen (secondary N) is 1. The number of carbonyl (C=O) groups excluding carboxylic acids is 1. The quantitative estimate of drug-likeness (QED) is 0.455. The van der Waals surface area contributed by atoms with Crippen molar-refractivity contribution in [1.29, 1.82) is 0 Å². The van der Waals surface area contributed by atoms with Gasteiger partial charge in [-0.3, -0.25) is 4.79 Å². The summed E-state index contributed by atoms with van der Waals surface area (Å²) >= 11 is 0. The van der Waals surface area contributed by atoms with Gasteiger partial charge in [-0.05, 0) is 33.9 Å². The first kappa shape index (κ1) is 19.8. The summed E-state index contributed by atoms with van der Waals surface area (Å²) in [5, 5.41) is 13.0. The maximum absolute atomic E-state index is 13.7. The number of benzene rings is 4. The molecule has 0 radical (unpaired) electrons. The van der Waals surface area contributed by atoms with Crippen LogP contribution in [0.25, 0.3) is 11.1 Å². The van der Waals surface area contributed by atoms with E-state index in [1.807, 2.05) is 91.0 Å². The standard InChI is InChI=1S/C28H21NO3/c30-27(24(18-10-3-1-4-11-18)19-12-5-2-6-13-19)29-26-21-15-8-7-14-20(21)25-22(26)16-9-17-23(25)28(31)32/h1-17,24,26H,(H,29,30)(H,31,32)/t26-/m1/s1. The largest absolute Gasteiger partial charge is 0.478 e. The molecule has 5 rings (SSSR count). The predicted molar refractivity (Wildman–Crippen MR) is 124 cm³/mol. The zero-order valence-corrected chi connectivity index (χ0v) is 17.2. The average molecular weight is 419 g/mol. The highest BCUT2D eigenvalue weighted by Crippen LogP contribution is 2.45. The SMILES string of the molecule is O=C(O)c1cccc2c1-c1ccccc1[C@H]2NC(=O)C(c1ccccc1)c1ccccc1. The van der Waals surface area contributed by atoms with Gasteiger partial charge in [0.05, 0.1) is 17.5 Å². The topological polar surface area (TPSA) is 66.4 Å². The Labute approximate surface area is 186 Å². The lowest BCUT2D eigenvalue weighted by atomic mass is 9.90. The predicted octanol–water partition coefficient (Wildman–Crippen LogP) is 5.40. The highest BCUT2D eigenvalue weighted by atomic mass is 16.4. The zero-order valence-electron chi connectivity index (χ0n) is 17.2. The smallest absolute Gasteiger partial charge is 0.336 e. The van der Waals surface area contributed by atoms with E-state index >= 15 is 0 Å². The van der Waals surface area contributed by atoms with E-state index in [1.165, 1.54) is 0 Å². The van der Waals surface area contributed by atoms with Crippen LogP contribution in [0.2, 0.25) is 0 Å². The molecule has 1 amide bonds. The Morgan fingerprint density at radius 2 is 1.25 bits per heavy atom. The number of carboxylic acid groups (broad SMARTS) is 1. The Hall–Kier alpha value is -4.18. The summed E-state index contributed by atoms with van der Waals surface area (Å²) in [6, 6.07) is 31.9. The Morgan fingerprint density at radius 3 is 1.88 bits per heavy atom. The van der Waals surface area contributed by atoms with Crippen LogP contribution in [0.5, 0.6) is 0 Å². The van der Waals surface area contributed by atoms with E-state index in [1.54, 1.807) is 12.1 Å². The molecule has 4 nitrogen and oxygen atoms in total. The fourth-order valence-corrected chi connectivity index (χ4v) is 4.60. The van der Waals surface area contributed by atoms with Crippen LogP contribution in [0.15, 0.2) is 103 Å². The van der Waals surface area contributed by atoms with E-state index in [2.05, 4.69) is 5.32 Å². The van der Waals surface area contributed by atoms with E-state index in [-0.39, 0.29) is 11.5 Å². The molecule has 0 saturated carbocycles. The highest BCUT2D eigenvalue weighted by Gasteiger charge is 2.34. The van der Waals surface area contributed by atoms with E-state index < -0.39 is 17.9 Å². The monoisotopic (exact) mass is 419 g/mol. The molecule has 4 heteroatoms. The van der Waals surface area contributed by atoms with Gasteiger partial charge in [0.1, 0.15) is 0 Å². The van der Waals surface area contributed by atoms with Crippen LogP contribution in [-0.2, 0) is 4.79 Å². The molecule has 0 spiro atoms. The van der Waals surface area contributed by atoms with Crippen molar-refractivity contribution in [3.8, 4) is 11.1 Å². The number of fused-ring (bicyclic) bond motifs is 3. The molecule has 0 fully saturated rings. The minimum atomic E-state index is -0.977. The van der Waals surface area contributed by atoms with Gasteiger partial charge < -0.3 is 10.4 Å². The van der Waals surface area contributed by atoms with Crippen molar-refractivity contribution >= 4 is 11.9 Å². The van der Waals surface area contributed by atoms with Crippen LogP contribution in [0.4, 0.5) is 0 Å². The van der Waals surface area contributed by atoms with Gasteiger partial charge in [-0.15, -0.1) is 0 Å². The summed E-state index contributed by atoms with van der Waals surface area (Å²) in [7, 11) is 0. The van der Waals surface area contributed by atoms with Crippen LogP contribution in [-0.4, -0.2) is 17.0 Å². The van der Waals surface area contributed by atoms with E-state index in [0.29, 0.717) is 5.56 Å². The Kier molecular flexibility index (Phi) is 5.04. The van der Waals surface area contributed by atoms with Crippen molar-refractivity contribution in [3.63, 3.8) is 0 Å². The average Bonchev–Trinajstić information content (AvgIpc) is 3.14. The van der Waals surface area contributed by atoms with Crippen molar-refractivity contribution in [2.75, 3.05) is 0 Å². The summed E-state index contributed by atoms with van der Waals surface area (Å²) in [5.41, 5.74) is 5.29. The van der Waals surface area contributed by atoms with Gasteiger partial charge in [-0.25, -0.2) is 4.79 Å². The molecule has 0 aromatic heterocycles. The molecule has 1 aliphatic rings. The van der Waals surface area contributed by atoms with Crippen LogP contribution < -0.4 is 5.32 Å². The number of hydrogen-bond donors (Lipinski definition) is 2. The van der Waals surface area contributed by atoms with Gasteiger partial charge in [0.15, 0.2) is 0 Å². The summed E-state index contributed by atoms with van der Waals surface area (Å²) < 4.78 is 0. The molecular formula is C28H21NO3. The van der Waals surface area contributed by atoms with Gasteiger partial charge in [-0.1, -0.05) is 97.1 Å². The Balaban J connectivity index is 1.58. The maximum Gasteiger partial charge on any atom is 0.336 e. The molecule has 0 heterocycles. The summed E-state index contributed by atoms with van der Waals surface area (Å²) in [5.74, 6) is -1.58. The van der Waals surface area contributed by atoms with Crippen molar-refractivity contribution in [2.24, 2.45) is 0 Å². The number of hydrogen-bond acceptors (Lipinski definition) is 2. The van der Waals surface area contributed by atoms with Crippen molar-refractivity contribution in [3.05, 3.63) is 131 Å². The zero-order chi connectivity index (χ0) is 22.1. The third-order valence-electron chi connectivity index (χ3n) is 5.99. The van der Waals surface area contributed by atoms with E-state index in [4.69, 9.17) is 0 Å². The van der Waals surface area contributed by atoms with E-state index in [0.717, 1.165) is 27.8 Å². The lowest BCUT2D eigenvalue weighted by Gasteiger charge is -2.22. The lowest BCUT2D eigenvalue weighted by molar-refractivity contribution is -0.122. The fourth-order valence-electron chi connectivity index (χ4n) is 4.60. The minimum Gasteiger partial charge on any atom is -0.478 e. The molecular weight excluding hydrogens is 398 g/mol. The van der Waals surface area contributed by atoms with E-state index in [9.17, 15) is 14.7 Å². The summed E-state index contributed by atoms with van der Waals surface area (Å²) in [6.45, 7) is 0. The lowest BCUT2D eigenvalue weighted by Crippen LogP contribution is -2.33. The van der Waals surface area contributed by atoms with Crippen LogP contribution in [0.3, 0.4) is 0 Å². The fraction of sp³-hybridized carbons (Fsp3) is 0.0714. The molecule has 156 valence electrons. The summed E-state index contributed by atoms with van der Waals surface area (Å²) in [4.78, 5) is 25.6. The van der Waals surface area contributed by atoms with Gasteiger partial charge >= 0.3 is 5.97 Å². The first-order valence-corrected chi connectivity index (χ1v) is 10.5. The number of carbonyl (C=O) groups is 2. The second kappa shape index (κ2) is 8.16. The molecule has 4 aromatic rings. The molecule has 1 aliphatic carbocycles. The molecule has 0 unspecified atom stereocenters. The molecule has 1 atom stereocenters. The molecule has 2 N–H and O–H groups in total. The molecule has 0 saturated heterocycles. The number of aromatic carboxylic acids is 1. The minimum absolute atomic E-state index is 0.129. The maximum atomic E-state index is 13.7. The highest BCUT2D eigenvalue weighted by molar-refractivity contribution is 6.00. The third kappa shape index (κ3) is 3.36. The number of carboxylic acids is 1. The Bertz CT molecular complexity index is 1260. The van der Waals surface area contributed by atoms with Gasteiger partial charge in [0.2, 0.25) is 5.91 Å². The number of rotatable bonds is 5. The third-order valence-corrected chi connectivity index (χ3v) is 5.99. The normalized spacial score (nSPS) is 14.0. The number of amides is 1. The molecule has 32 heavy (non-hydrogen) atoms. The van der Waals surface area contributed by atoms with Crippen molar-refractivity contribution in [2.45, 2.75) is 12.0 Å². The van der Waals surface area contributed by atoms with Crippen molar-refractivity contribution in [1.82, 2.24) is 5.32 Å². The first-order valence-electron chi connectivity index (χ1n) is 10.5. The summed E-state index contributed by atoms with van der Waals surface area (Å²) in [6.07, 6.45) is 0. The van der Waals surface area contributed by atoms with Crippen LogP contribution in [0, 0.1) is 0 Å².